The summed E-state index contributed by atoms with van der Waals surface area (Å²) in [6, 6.07) is 7.68. The molecule has 0 amide bonds. The predicted molar refractivity (Wildman–Crippen MR) is 64.0 cm³/mol. The normalized spacial score (nSPS) is 31.7. The number of hydrogen-bond acceptors (Lipinski definition) is 2. The average molecular weight is 204 g/mol. The van der Waals surface area contributed by atoms with Crippen molar-refractivity contribution in [2.24, 2.45) is 5.92 Å². The Labute approximate surface area is 92.3 Å². The second-order valence-corrected chi connectivity index (χ2v) is 4.24. The molecule has 3 atom stereocenters. The van der Waals surface area contributed by atoms with Gasteiger partial charge in [0.25, 0.3) is 0 Å². The van der Waals surface area contributed by atoms with Crippen LogP contribution in [0.3, 0.4) is 0 Å². The van der Waals surface area contributed by atoms with E-state index in [-0.39, 0.29) is 0 Å². The lowest BCUT2D eigenvalue weighted by Crippen LogP contribution is -2.30. The fraction of sp³-hybridized carbons (Fsp3) is 0.615. The number of pyridine rings is 1. The highest BCUT2D eigenvalue weighted by atomic mass is 15.3. The fourth-order valence-corrected chi connectivity index (χ4v) is 2.61. The number of hydrogen-bond donors (Lipinski definition) is 0. The summed E-state index contributed by atoms with van der Waals surface area (Å²) in [5.74, 6) is 2.14. The smallest absolute Gasteiger partial charge is 0.128 e. The van der Waals surface area contributed by atoms with Crippen LogP contribution < -0.4 is 4.90 Å². The predicted octanol–water partition coefficient (Wildman–Crippen LogP) is 3.09. The summed E-state index contributed by atoms with van der Waals surface area (Å²) in [5.41, 5.74) is 0. The van der Waals surface area contributed by atoms with Crippen LogP contribution in [0.4, 0.5) is 5.82 Å². The molecule has 0 N–H and O–H groups in total. The maximum Gasteiger partial charge on any atom is 0.128 e. The van der Waals surface area contributed by atoms with E-state index in [1.807, 2.05) is 26.1 Å². The lowest BCUT2D eigenvalue weighted by atomic mass is 10.2. The van der Waals surface area contributed by atoms with E-state index >= 15 is 0 Å². The second-order valence-electron chi connectivity index (χ2n) is 4.24. The van der Waals surface area contributed by atoms with E-state index in [1.54, 1.807) is 0 Å². The SMILES string of the molecule is CC.CC1CC2CC2N1c1ccccn1. The summed E-state index contributed by atoms with van der Waals surface area (Å²) in [7, 11) is 0. The van der Waals surface area contributed by atoms with Gasteiger partial charge in [0, 0.05) is 18.3 Å². The molecule has 1 aliphatic heterocycles. The topological polar surface area (TPSA) is 16.1 Å². The first kappa shape index (κ1) is 10.5. The minimum atomic E-state index is 0.693. The van der Waals surface area contributed by atoms with Crippen molar-refractivity contribution in [1.29, 1.82) is 0 Å². The zero-order chi connectivity index (χ0) is 10.8. The summed E-state index contributed by atoms with van der Waals surface area (Å²) in [4.78, 5) is 6.90. The van der Waals surface area contributed by atoms with Crippen molar-refractivity contribution in [1.82, 2.24) is 4.98 Å². The quantitative estimate of drug-likeness (QED) is 0.699. The zero-order valence-electron chi connectivity index (χ0n) is 9.85. The number of piperidine rings is 1. The zero-order valence-corrected chi connectivity index (χ0v) is 9.85. The molecular weight excluding hydrogens is 184 g/mol. The third-order valence-corrected chi connectivity index (χ3v) is 3.28. The van der Waals surface area contributed by atoms with Gasteiger partial charge in [0.05, 0.1) is 0 Å². The Morgan fingerprint density at radius 1 is 1.27 bits per heavy atom. The molecule has 3 rings (SSSR count). The molecule has 15 heavy (non-hydrogen) atoms. The Morgan fingerprint density at radius 3 is 2.60 bits per heavy atom. The molecule has 2 heterocycles. The average Bonchev–Trinajstić information content (AvgIpc) is 2.95. The maximum absolute atomic E-state index is 4.41. The summed E-state index contributed by atoms with van der Waals surface area (Å²) < 4.78 is 0. The van der Waals surface area contributed by atoms with Gasteiger partial charge >= 0.3 is 0 Å². The number of anilines is 1. The van der Waals surface area contributed by atoms with Gasteiger partial charge in [-0.25, -0.2) is 4.98 Å². The van der Waals surface area contributed by atoms with E-state index < -0.39 is 0 Å². The van der Waals surface area contributed by atoms with Crippen LogP contribution in [-0.2, 0) is 0 Å². The molecule has 82 valence electrons. The number of fused-ring (bicyclic) bond motifs is 1. The van der Waals surface area contributed by atoms with Crippen molar-refractivity contribution in [3.05, 3.63) is 24.4 Å². The summed E-state index contributed by atoms with van der Waals surface area (Å²) in [6.07, 6.45) is 4.64. The van der Waals surface area contributed by atoms with Crippen molar-refractivity contribution in [2.45, 2.75) is 45.7 Å². The Balaban J connectivity index is 0.000000404. The molecule has 0 radical (unpaired) electrons. The molecule has 1 saturated carbocycles. The minimum absolute atomic E-state index is 0.693. The first-order valence-corrected chi connectivity index (χ1v) is 6.05. The lowest BCUT2D eigenvalue weighted by molar-refractivity contribution is 0.640. The van der Waals surface area contributed by atoms with Crippen LogP contribution in [-0.4, -0.2) is 17.1 Å². The molecule has 0 bridgehead atoms. The highest BCUT2D eigenvalue weighted by Crippen LogP contribution is 2.48. The minimum Gasteiger partial charge on any atom is -0.351 e. The van der Waals surface area contributed by atoms with Gasteiger partial charge in [-0.15, -0.1) is 0 Å². The van der Waals surface area contributed by atoms with E-state index in [0.29, 0.717) is 6.04 Å². The van der Waals surface area contributed by atoms with Gasteiger partial charge in [0.2, 0.25) is 0 Å². The maximum atomic E-state index is 4.41. The van der Waals surface area contributed by atoms with Gasteiger partial charge < -0.3 is 4.90 Å². The Kier molecular flexibility index (Phi) is 2.94. The summed E-state index contributed by atoms with van der Waals surface area (Å²) in [6.45, 7) is 6.31. The van der Waals surface area contributed by atoms with Crippen LogP contribution in [0.25, 0.3) is 0 Å². The standard InChI is InChI=1S/C11H14N2.C2H6/c1-8-6-9-7-10(9)13(8)11-4-2-3-5-12-11;1-2/h2-5,8-10H,6-7H2,1H3;1-2H3. The van der Waals surface area contributed by atoms with E-state index in [1.165, 1.54) is 18.7 Å². The van der Waals surface area contributed by atoms with Crippen LogP contribution in [0.15, 0.2) is 24.4 Å². The number of nitrogens with zero attached hydrogens (tertiary/aromatic N) is 2. The molecule has 2 nitrogen and oxygen atoms in total. The molecule has 3 unspecified atom stereocenters. The Hall–Kier alpha value is -1.05. The largest absolute Gasteiger partial charge is 0.351 e. The van der Waals surface area contributed by atoms with Gasteiger partial charge in [-0.05, 0) is 37.8 Å². The third kappa shape index (κ3) is 1.85. The number of rotatable bonds is 1. The van der Waals surface area contributed by atoms with Gasteiger partial charge in [0.15, 0.2) is 0 Å². The van der Waals surface area contributed by atoms with Gasteiger partial charge in [-0.3, -0.25) is 0 Å². The van der Waals surface area contributed by atoms with E-state index in [0.717, 1.165) is 12.0 Å². The molecule has 0 aromatic carbocycles. The molecule has 1 aromatic rings. The molecule has 2 aliphatic rings. The molecule has 1 aromatic heterocycles. The van der Waals surface area contributed by atoms with Crippen molar-refractivity contribution >= 4 is 5.82 Å². The van der Waals surface area contributed by atoms with Crippen LogP contribution in [0.1, 0.15) is 33.6 Å². The van der Waals surface area contributed by atoms with Gasteiger partial charge in [-0.1, -0.05) is 19.9 Å². The molecule has 1 aliphatic carbocycles. The van der Waals surface area contributed by atoms with Gasteiger partial charge in [-0.2, -0.15) is 0 Å². The molecule has 2 heteroatoms. The molecule has 0 spiro atoms. The lowest BCUT2D eigenvalue weighted by Gasteiger charge is -2.25. The summed E-state index contributed by atoms with van der Waals surface area (Å²) >= 11 is 0. The molecular formula is C13H20N2. The monoisotopic (exact) mass is 204 g/mol. The van der Waals surface area contributed by atoms with Crippen molar-refractivity contribution in [3.8, 4) is 0 Å². The summed E-state index contributed by atoms with van der Waals surface area (Å²) in [5, 5.41) is 0. The Bertz CT molecular complexity index is 308. The number of aromatic nitrogens is 1. The van der Waals surface area contributed by atoms with E-state index in [2.05, 4.69) is 28.9 Å². The van der Waals surface area contributed by atoms with Gasteiger partial charge in [0.1, 0.15) is 5.82 Å². The van der Waals surface area contributed by atoms with Crippen molar-refractivity contribution in [2.75, 3.05) is 4.90 Å². The second kappa shape index (κ2) is 4.21. The first-order chi connectivity index (χ1) is 7.36. The Morgan fingerprint density at radius 2 is 2.07 bits per heavy atom. The highest BCUT2D eigenvalue weighted by Gasteiger charge is 2.50. The van der Waals surface area contributed by atoms with Crippen LogP contribution in [0, 0.1) is 5.92 Å². The van der Waals surface area contributed by atoms with Crippen molar-refractivity contribution in [3.63, 3.8) is 0 Å². The highest BCUT2D eigenvalue weighted by molar-refractivity contribution is 5.45. The van der Waals surface area contributed by atoms with E-state index in [9.17, 15) is 0 Å². The fourth-order valence-electron chi connectivity index (χ4n) is 2.61. The van der Waals surface area contributed by atoms with Crippen LogP contribution in [0.2, 0.25) is 0 Å². The molecule has 2 fully saturated rings. The van der Waals surface area contributed by atoms with Crippen LogP contribution in [0.5, 0.6) is 0 Å². The third-order valence-electron chi connectivity index (χ3n) is 3.28. The van der Waals surface area contributed by atoms with Crippen LogP contribution >= 0.6 is 0 Å². The van der Waals surface area contributed by atoms with E-state index in [4.69, 9.17) is 0 Å². The van der Waals surface area contributed by atoms with Crippen molar-refractivity contribution < 1.29 is 0 Å². The molecule has 1 saturated heterocycles. The first-order valence-electron chi connectivity index (χ1n) is 6.05.